The Hall–Kier alpha value is -2.01. The van der Waals surface area contributed by atoms with E-state index in [-0.39, 0.29) is 6.61 Å². The molecule has 6 heteroatoms. The first kappa shape index (κ1) is 12.4. The van der Waals surface area contributed by atoms with Crippen molar-refractivity contribution in [1.29, 1.82) is 0 Å². The highest BCUT2D eigenvalue weighted by atomic mass is 35.5. The molecule has 2 rings (SSSR count). The van der Waals surface area contributed by atoms with E-state index in [2.05, 4.69) is 10.3 Å². The zero-order valence-corrected chi connectivity index (χ0v) is 10.4. The number of rotatable bonds is 5. The second-order valence-corrected chi connectivity index (χ2v) is 3.99. The van der Waals surface area contributed by atoms with Crippen LogP contribution in [-0.4, -0.2) is 11.4 Å². The minimum atomic E-state index is 0.237. The quantitative estimate of drug-likeness (QED) is 0.845. The van der Waals surface area contributed by atoms with Crippen LogP contribution in [0.4, 0.5) is 5.69 Å². The van der Waals surface area contributed by atoms with Crippen molar-refractivity contribution in [1.82, 2.24) is 4.98 Å². The van der Waals surface area contributed by atoms with Crippen LogP contribution >= 0.6 is 11.6 Å². The van der Waals surface area contributed by atoms with Gasteiger partial charge in [-0.15, -0.1) is 0 Å². The van der Waals surface area contributed by atoms with Crippen LogP contribution in [0.5, 0.6) is 5.75 Å². The van der Waals surface area contributed by atoms with Crippen LogP contribution in [0.1, 0.15) is 11.5 Å². The van der Waals surface area contributed by atoms with Gasteiger partial charge in [0.05, 0.1) is 11.4 Å². The zero-order valence-electron chi connectivity index (χ0n) is 9.64. The third-order valence-electron chi connectivity index (χ3n) is 2.36. The predicted octanol–water partition coefficient (Wildman–Crippen LogP) is 2.78. The van der Waals surface area contributed by atoms with Crippen LogP contribution in [0.25, 0.3) is 0 Å². The van der Waals surface area contributed by atoms with Gasteiger partial charge in [0.2, 0.25) is 6.41 Å². The van der Waals surface area contributed by atoms with Gasteiger partial charge in [0.15, 0.2) is 12.2 Å². The summed E-state index contributed by atoms with van der Waals surface area (Å²) in [5.74, 6) is 1.16. The molecule has 94 valence electrons. The molecule has 0 saturated heterocycles. The van der Waals surface area contributed by atoms with E-state index in [9.17, 15) is 4.79 Å². The van der Waals surface area contributed by atoms with E-state index in [1.807, 2.05) is 6.92 Å². The van der Waals surface area contributed by atoms with E-state index >= 15 is 0 Å². The fourth-order valence-electron chi connectivity index (χ4n) is 1.41. The van der Waals surface area contributed by atoms with Crippen LogP contribution in [-0.2, 0) is 11.4 Å². The number of halogens is 1. The van der Waals surface area contributed by atoms with Gasteiger partial charge in [-0.2, -0.15) is 0 Å². The molecule has 0 aliphatic heterocycles. The number of aryl methyl sites for hydroxylation is 1. The highest BCUT2D eigenvalue weighted by Crippen LogP contribution is 2.28. The molecule has 1 N–H and O–H groups in total. The van der Waals surface area contributed by atoms with E-state index in [4.69, 9.17) is 20.8 Å². The molecule has 0 atom stereocenters. The second-order valence-electron chi connectivity index (χ2n) is 3.55. The Morgan fingerprint density at radius 2 is 2.39 bits per heavy atom. The molecule has 0 bridgehead atoms. The maximum atomic E-state index is 10.5. The van der Waals surface area contributed by atoms with Crippen molar-refractivity contribution in [3.63, 3.8) is 0 Å². The maximum absolute atomic E-state index is 10.5. The lowest BCUT2D eigenvalue weighted by atomic mass is 10.3. The molecular formula is C12H11ClN2O3. The average molecular weight is 267 g/mol. The van der Waals surface area contributed by atoms with Crippen molar-refractivity contribution < 1.29 is 13.9 Å². The fourth-order valence-corrected chi connectivity index (χ4v) is 1.58. The van der Waals surface area contributed by atoms with Gasteiger partial charge in [0.25, 0.3) is 0 Å². The third-order valence-corrected chi connectivity index (χ3v) is 2.59. The summed E-state index contributed by atoms with van der Waals surface area (Å²) in [6.07, 6.45) is 1.93. The van der Waals surface area contributed by atoms with Gasteiger partial charge >= 0.3 is 0 Å². The molecule has 0 radical (unpaired) electrons. The highest BCUT2D eigenvalue weighted by molar-refractivity contribution is 6.31. The van der Waals surface area contributed by atoms with Crippen molar-refractivity contribution >= 4 is 23.7 Å². The van der Waals surface area contributed by atoms with Gasteiger partial charge < -0.3 is 14.5 Å². The van der Waals surface area contributed by atoms with E-state index in [0.29, 0.717) is 28.6 Å². The first-order chi connectivity index (χ1) is 8.70. The summed E-state index contributed by atoms with van der Waals surface area (Å²) in [4.78, 5) is 14.4. The largest absolute Gasteiger partial charge is 0.483 e. The number of oxazole rings is 1. The summed E-state index contributed by atoms with van der Waals surface area (Å²) in [6.45, 7) is 2.07. The normalized spacial score (nSPS) is 10.1. The number of anilines is 1. The molecule has 0 fully saturated rings. The predicted molar refractivity (Wildman–Crippen MR) is 66.7 cm³/mol. The summed E-state index contributed by atoms with van der Waals surface area (Å²) in [6, 6.07) is 4.97. The number of hydrogen-bond donors (Lipinski definition) is 1. The number of carbonyl (C=O) groups excluding carboxylic acids is 1. The second kappa shape index (κ2) is 5.55. The number of amides is 1. The number of carbonyl (C=O) groups is 1. The van der Waals surface area contributed by atoms with Crippen molar-refractivity contribution in [2.45, 2.75) is 13.5 Å². The van der Waals surface area contributed by atoms with Crippen LogP contribution in [0.3, 0.4) is 0 Å². The molecule has 5 nitrogen and oxygen atoms in total. The summed E-state index contributed by atoms with van der Waals surface area (Å²) in [5, 5.41) is 3.04. The number of ether oxygens (including phenoxy) is 1. The van der Waals surface area contributed by atoms with Gasteiger partial charge in [-0.3, -0.25) is 4.79 Å². The minimum absolute atomic E-state index is 0.237. The first-order valence-electron chi connectivity index (χ1n) is 5.22. The lowest BCUT2D eigenvalue weighted by Crippen LogP contribution is -2.01. The molecule has 0 aliphatic carbocycles. The Morgan fingerprint density at radius 3 is 3.06 bits per heavy atom. The maximum Gasteiger partial charge on any atom is 0.211 e. The number of aromatic nitrogens is 1. The Kier molecular flexibility index (Phi) is 3.84. The van der Waals surface area contributed by atoms with E-state index < -0.39 is 0 Å². The van der Waals surface area contributed by atoms with Gasteiger partial charge in [0, 0.05) is 5.02 Å². The van der Waals surface area contributed by atoms with Crippen LogP contribution < -0.4 is 10.1 Å². The zero-order chi connectivity index (χ0) is 13.0. The van der Waals surface area contributed by atoms with Crippen LogP contribution in [0.15, 0.2) is 29.0 Å². The number of nitrogens with zero attached hydrogens (tertiary/aromatic N) is 1. The van der Waals surface area contributed by atoms with Crippen molar-refractivity contribution in [2.75, 3.05) is 5.32 Å². The van der Waals surface area contributed by atoms with E-state index in [1.165, 1.54) is 6.39 Å². The number of nitrogens with one attached hydrogen (secondary N) is 1. The Balaban J connectivity index is 2.13. The molecule has 1 aromatic heterocycles. The summed E-state index contributed by atoms with van der Waals surface area (Å²) < 4.78 is 10.7. The molecule has 0 saturated carbocycles. The fraction of sp³-hybridized carbons (Fsp3) is 0.167. The lowest BCUT2D eigenvalue weighted by molar-refractivity contribution is -0.105. The Labute approximate surface area is 109 Å². The minimum Gasteiger partial charge on any atom is -0.483 e. The molecule has 0 spiro atoms. The van der Waals surface area contributed by atoms with Gasteiger partial charge in [0.1, 0.15) is 12.4 Å². The first-order valence-corrected chi connectivity index (χ1v) is 5.60. The summed E-state index contributed by atoms with van der Waals surface area (Å²) >= 11 is 5.84. The van der Waals surface area contributed by atoms with Gasteiger partial charge in [-0.1, -0.05) is 11.6 Å². The van der Waals surface area contributed by atoms with Gasteiger partial charge in [-0.25, -0.2) is 4.98 Å². The molecule has 18 heavy (non-hydrogen) atoms. The number of hydrogen-bond acceptors (Lipinski definition) is 4. The topological polar surface area (TPSA) is 64.4 Å². The molecular weight excluding hydrogens is 256 g/mol. The average Bonchev–Trinajstić information content (AvgIpc) is 2.74. The highest BCUT2D eigenvalue weighted by Gasteiger charge is 2.08. The van der Waals surface area contributed by atoms with Crippen LogP contribution in [0, 0.1) is 6.92 Å². The molecule has 0 aliphatic rings. The Bertz CT molecular complexity index is 554. The van der Waals surface area contributed by atoms with Gasteiger partial charge in [-0.05, 0) is 25.1 Å². The van der Waals surface area contributed by atoms with Crippen molar-refractivity contribution in [3.8, 4) is 5.75 Å². The van der Waals surface area contributed by atoms with E-state index in [1.54, 1.807) is 18.2 Å². The monoisotopic (exact) mass is 266 g/mol. The summed E-state index contributed by atoms with van der Waals surface area (Å²) in [5.41, 5.74) is 1.28. The lowest BCUT2D eigenvalue weighted by Gasteiger charge is -2.10. The van der Waals surface area contributed by atoms with Crippen molar-refractivity contribution in [3.05, 3.63) is 41.1 Å². The molecule has 1 amide bonds. The smallest absolute Gasteiger partial charge is 0.211 e. The van der Waals surface area contributed by atoms with E-state index in [0.717, 1.165) is 5.69 Å². The molecule has 2 aromatic rings. The standard InChI is InChI=1S/C12H11ClN2O3/c1-8-12(18-7-15-8)5-17-11-3-2-9(13)4-10(11)14-6-16/h2-4,6-7H,5H2,1H3,(H,14,16). The molecule has 1 aromatic carbocycles. The SMILES string of the molecule is Cc1ncoc1COc1ccc(Cl)cc1NC=O. The third kappa shape index (κ3) is 2.81. The molecule has 1 heterocycles. The number of benzene rings is 1. The van der Waals surface area contributed by atoms with Crippen molar-refractivity contribution in [2.24, 2.45) is 0 Å². The molecule has 0 unspecified atom stereocenters. The Morgan fingerprint density at radius 1 is 1.56 bits per heavy atom. The van der Waals surface area contributed by atoms with Crippen LogP contribution in [0.2, 0.25) is 5.02 Å². The summed E-state index contributed by atoms with van der Waals surface area (Å²) in [7, 11) is 0.